The molecule has 4 nitrogen and oxygen atoms in total. The highest BCUT2D eigenvalue weighted by molar-refractivity contribution is 5.98. The Hall–Kier alpha value is -1.39. The van der Waals surface area contributed by atoms with Crippen LogP contribution in [0.1, 0.15) is 53.6 Å². The number of ketones is 1. The van der Waals surface area contributed by atoms with Gasteiger partial charge in [-0.15, -0.1) is 12.4 Å². The van der Waals surface area contributed by atoms with Crippen molar-refractivity contribution < 1.29 is 9.59 Å². The lowest BCUT2D eigenvalue weighted by Crippen LogP contribution is -2.38. The van der Waals surface area contributed by atoms with Gasteiger partial charge in [-0.3, -0.25) is 9.59 Å². The molecule has 1 aromatic carbocycles. The summed E-state index contributed by atoms with van der Waals surface area (Å²) in [5.41, 5.74) is 3.44. The van der Waals surface area contributed by atoms with Crippen molar-refractivity contribution in [2.75, 3.05) is 19.6 Å². The van der Waals surface area contributed by atoms with E-state index in [4.69, 9.17) is 0 Å². The van der Waals surface area contributed by atoms with E-state index in [1.165, 1.54) is 30.4 Å². The molecule has 132 valence electrons. The van der Waals surface area contributed by atoms with E-state index in [1.54, 1.807) is 0 Å². The van der Waals surface area contributed by atoms with Crippen LogP contribution in [-0.4, -0.2) is 31.3 Å². The van der Waals surface area contributed by atoms with Crippen LogP contribution in [0.15, 0.2) is 18.2 Å². The van der Waals surface area contributed by atoms with Gasteiger partial charge in [0.1, 0.15) is 0 Å². The van der Waals surface area contributed by atoms with Crippen LogP contribution < -0.4 is 10.6 Å². The number of piperidine rings is 1. The minimum Gasteiger partial charge on any atom is -0.356 e. The third kappa shape index (κ3) is 5.05. The molecule has 3 rings (SSSR count). The highest BCUT2D eigenvalue weighted by atomic mass is 35.5. The number of fused-ring (bicyclic) bond motifs is 1. The van der Waals surface area contributed by atoms with Gasteiger partial charge >= 0.3 is 0 Å². The Morgan fingerprint density at radius 1 is 1.12 bits per heavy atom. The number of rotatable bonds is 6. The maximum absolute atomic E-state index is 12.3. The lowest BCUT2D eigenvalue weighted by molar-refractivity contribution is -0.121. The fourth-order valence-corrected chi connectivity index (χ4v) is 3.56. The lowest BCUT2D eigenvalue weighted by Gasteiger charge is -2.22. The molecule has 1 aliphatic carbocycles. The van der Waals surface area contributed by atoms with Crippen molar-refractivity contribution in [3.63, 3.8) is 0 Å². The number of amides is 1. The summed E-state index contributed by atoms with van der Waals surface area (Å²) in [5.74, 6) is 0.597. The van der Waals surface area contributed by atoms with E-state index in [0.717, 1.165) is 38.0 Å². The Morgan fingerprint density at radius 2 is 1.96 bits per heavy atom. The molecule has 1 amide bonds. The van der Waals surface area contributed by atoms with Gasteiger partial charge in [0, 0.05) is 24.9 Å². The van der Waals surface area contributed by atoms with E-state index in [9.17, 15) is 9.59 Å². The van der Waals surface area contributed by atoms with E-state index in [-0.39, 0.29) is 30.5 Å². The van der Waals surface area contributed by atoms with E-state index in [2.05, 4.69) is 16.7 Å². The number of aryl methyl sites for hydroxylation is 2. The zero-order chi connectivity index (χ0) is 16.1. The number of carbonyl (C=O) groups excluding carboxylic acids is 2. The highest BCUT2D eigenvalue weighted by Gasteiger charge is 2.16. The molecule has 1 unspecified atom stereocenters. The second-order valence-corrected chi connectivity index (χ2v) is 6.78. The lowest BCUT2D eigenvalue weighted by atomic mass is 9.99. The largest absolute Gasteiger partial charge is 0.356 e. The summed E-state index contributed by atoms with van der Waals surface area (Å²) < 4.78 is 0. The predicted octanol–water partition coefficient (Wildman–Crippen LogP) is 2.68. The fraction of sp³-hybridized carbons (Fsp3) is 0.579. The molecule has 24 heavy (non-hydrogen) atoms. The highest BCUT2D eigenvalue weighted by Crippen LogP contribution is 2.23. The SMILES string of the molecule is Cl.O=C(CCC(=O)c1ccc2c(c1)CCC2)NCC1CCCNC1. The van der Waals surface area contributed by atoms with Crippen molar-refractivity contribution in [2.24, 2.45) is 5.92 Å². The third-order valence-electron chi connectivity index (χ3n) is 4.99. The smallest absolute Gasteiger partial charge is 0.220 e. The number of nitrogens with one attached hydrogen (secondary N) is 2. The van der Waals surface area contributed by atoms with Crippen molar-refractivity contribution in [3.05, 3.63) is 34.9 Å². The second kappa shape index (κ2) is 9.19. The summed E-state index contributed by atoms with van der Waals surface area (Å²) in [6, 6.07) is 6.01. The Labute approximate surface area is 150 Å². The van der Waals surface area contributed by atoms with Crippen LogP contribution in [0.4, 0.5) is 0 Å². The van der Waals surface area contributed by atoms with Crippen LogP contribution in [0.3, 0.4) is 0 Å². The maximum Gasteiger partial charge on any atom is 0.220 e. The molecule has 1 saturated heterocycles. The molecular formula is C19H27ClN2O2. The second-order valence-electron chi connectivity index (χ2n) is 6.78. The first-order valence-electron chi connectivity index (χ1n) is 8.85. The molecule has 0 bridgehead atoms. The van der Waals surface area contributed by atoms with Crippen molar-refractivity contribution in [3.8, 4) is 0 Å². The molecule has 1 heterocycles. The molecule has 5 heteroatoms. The Bertz CT molecular complexity index is 583. The molecule has 0 aromatic heterocycles. The molecule has 1 aromatic rings. The van der Waals surface area contributed by atoms with Gasteiger partial charge in [0.2, 0.25) is 5.91 Å². The number of benzene rings is 1. The molecule has 0 spiro atoms. The normalized spacial score (nSPS) is 19.2. The fourth-order valence-electron chi connectivity index (χ4n) is 3.56. The van der Waals surface area contributed by atoms with E-state index in [1.807, 2.05) is 12.1 Å². The monoisotopic (exact) mass is 350 g/mol. The van der Waals surface area contributed by atoms with Crippen LogP contribution in [0.5, 0.6) is 0 Å². The molecule has 1 aliphatic heterocycles. The number of hydrogen-bond acceptors (Lipinski definition) is 3. The number of Topliss-reactive ketones (excluding diaryl/α,β-unsaturated/α-hetero) is 1. The molecule has 2 N–H and O–H groups in total. The van der Waals surface area contributed by atoms with Crippen molar-refractivity contribution in [1.29, 1.82) is 0 Å². The first-order valence-corrected chi connectivity index (χ1v) is 8.85. The molecule has 1 atom stereocenters. The zero-order valence-corrected chi connectivity index (χ0v) is 14.9. The van der Waals surface area contributed by atoms with Crippen LogP contribution in [0.25, 0.3) is 0 Å². The van der Waals surface area contributed by atoms with Gasteiger partial charge in [0.15, 0.2) is 5.78 Å². The predicted molar refractivity (Wildman–Crippen MR) is 97.9 cm³/mol. The van der Waals surface area contributed by atoms with Crippen LogP contribution >= 0.6 is 12.4 Å². The summed E-state index contributed by atoms with van der Waals surface area (Å²) in [6.45, 7) is 2.78. The van der Waals surface area contributed by atoms with E-state index in [0.29, 0.717) is 12.3 Å². The van der Waals surface area contributed by atoms with Crippen molar-refractivity contribution >= 4 is 24.1 Å². The molecule has 2 aliphatic rings. The summed E-state index contributed by atoms with van der Waals surface area (Å²) in [7, 11) is 0. The zero-order valence-electron chi connectivity index (χ0n) is 14.1. The standard InChI is InChI=1S/C19H26N2O2.ClH/c22-18(17-7-6-15-4-1-5-16(15)11-17)8-9-19(23)21-13-14-3-2-10-20-12-14;/h6-7,11,14,20H,1-5,8-10,12-13H2,(H,21,23);1H. The van der Waals surface area contributed by atoms with Crippen molar-refractivity contribution in [2.45, 2.75) is 44.9 Å². The van der Waals surface area contributed by atoms with Crippen molar-refractivity contribution in [1.82, 2.24) is 10.6 Å². The maximum atomic E-state index is 12.3. The first-order chi connectivity index (χ1) is 11.2. The van der Waals surface area contributed by atoms with Gasteiger partial charge in [-0.25, -0.2) is 0 Å². The average molecular weight is 351 g/mol. The Balaban J connectivity index is 0.00000208. The Morgan fingerprint density at radius 3 is 2.75 bits per heavy atom. The summed E-state index contributed by atoms with van der Waals surface area (Å²) in [6.07, 6.45) is 6.32. The van der Waals surface area contributed by atoms with E-state index >= 15 is 0 Å². The Kier molecular flexibility index (Phi) is 7.25. The summed E-state index contributed by atoms with van der Waals surface area (Å²) >= 11 is 0. The summed E-state index contributed by atoms with van der Waals surface area (Å²) in [5, 5.41) is 6.31. The van der Waals surface area contributed by atoms with E-state index < -0.39 is 0 Å². The average Bonchev–Trinajstić information content (AvgIpc) is 3.06. The van der Waals surface area contributed by atoms with Crippen LogP contribution in [0.2, 0.25) is 0 Å². The van der Waals surface area contributed by atoms with Crippen LogP contribution in [-0.2, 0) is 17.6 Å². The van der Waals surface area contributed by atoms with Gasteiger partial charge in [-0.05, 0) is 68.3 Å². The molecule has 0 saturated carbocycles. The van der Waals surface area contributed by atoms with Gasteiger partial charge in [-0.1, -0.05) is 12.1 Å². The summed E-state index contributed by atoms with van der Waals surface area (Å²) in [4.78, 5) is 24.2. The topological polar surface area (TPSA) is 58.2 Å². The quantitative estimate of drug-likeness (QED) is 0.775. The minimum absolute atomic E-state index is 0. The number of carbonyl (C=O) groups is 2. The third-order valence-corrected chi connectivity index (χ3v) is 4.99. The molecule has 0 radical (unpaired) electrons. The van der Waals surface area contributed by atoms with Crippen LogP contribution in [0, 0.1) is 5.92 Å². The molecule has 1 fully saturated rings. The molecular weight excluding hydrogens is 324 g/mol. The van der Waals surface area contributed by atoms with Gasteiger partial charge in [-0.2, -0.15) is 0 Å². The van der Waals surface area contributed by atoms with Gasteiger partial charge in [0.05, 0.1) is 0 Å². The minimum atomic E-state index is -0.00918. The first kappa shape index (κ1) is 18.9. The van der Waals surface area contributed by atoms with Gasteiger partial charge in [0.25, 0.3) is 0 Å². The number of halogens is 1. The number of hydrogen-bond donors (Lipinski definition) is 2. The van der Waals surface area contributed by atoms with Gasteiger partial charge < -0.3 is 10.6 Å².